The zero-order chi connectivity index (χ0) is 65.8. The van der Waals surface area contributed by atoms with Gasteiger partial charge in [-0.1, -0.05) is 267 Å². The Labute approximate surface area is 573 Å². The number of furan rings is 4. The van der Waals surface area contributed by atoms with Crippen molar-refractivity contribution in [1.82, 2.24) is 19.9 Å². The maximum absolute atomic E-state index is 7.21. The summed E-state index contributed by atoms with van der Waals surface area (Å²) in [6.07, 6.45) is 0. The summed E-state index contributed by atoms with van der Waals surface area (Å²) < 4.78 is 27.9. The summed E-state index contributed by atoms with van der Waals surface area (Å²) in [4.78, 5) is 20.9. The molecule has 6 heterocycles. The Morgan fingerprint density at radius 3 is 0.990 bits per heavy atom. The van der Waals surface area contributed by atoms with Crippen molar-refractivity contribution in [1.29, 1.82) is 0 Å². The van der Waals surface area contributed by atoms with E-state index >= 15 is 0 Å². The number of aromatic nitrogens is 4. The monoisotopic (exact) mass is 1280 g/mol. The van der Waals surface area contributed by atoms with Crippen LogP contribution in [0.1, 0.15) is 0 Å². The van der Waals surface area contributed by atoms with Crippen LogP contribution in [0.3, 0.4) is 0 Å². The van der Waals surface area contributed by atoms with Gasteiger partial charge in [0.25, 0.3) is 0 Å². The number of benzene rings is 14. The molecular formula is C92H54N4O4. The van der Waals surface area contributed by atoms with Gasteiger partial charge in [0.15, 0.2) is 11.6 Å². The first-order valence-corrected chi connectivity index (χ1v) is 33.6. The smallest absolute Gasteiger partial charge is 0.160 e. The highest BCUT2D eigenvalue weighted by molar-refractivity contribution is 6.16. The van der Waals surface area contributed by atoms with Gasteiger partial charge in [-0.3, -0.25) is 0 Å². The highest BCUT2D eigenvalue weighted by Gasteiger charge is 2.25. The summed E-state index contributed by atoms with van der Waals surface area (Å²) in [7, 11) is 0. The summed E-state index contributed by atoms with van der Waals surface area (Å²) in [5, 5.41) is 8.29. The zero-order valence-corrected chi connectivity index (χ0v) is 53.6. The molecule has 0 spiro atoms. The normalized spacial score (nSPS) is 11.8. The number of nitrogens with zero attached hydrogens (tertiary/aromatic N) is 4. The minimum atomic E-state index is 0.643. The molecule has 0 saturated carbocycles. The second-order valence-corrected chi connectivity index (χ2v) is 25.5. The molecule has 100 heavy (non-hydrogen) atoms. The quantitative estimate of drug-likeness (QED) is 0.126. The molecule has 20 rings (SSSR count). The first-order chi connectivity index (χ1) is 49.5. The van der Waals surface area contributed by atoms with Crippen LogP contribution < -0.4 is 0 Å². The molecule has 0 amide bonds. The fourth-order valence-electron chi connectivity index (χ4n) is 14.8. The van der Waals surface area contributed by atoms with Gasteiger partial charge in [0, 0.05) is 98.7 Å². The van der Waals surface area contributed by atoms with Crippen LogP contribution in [0.15, 0.2) is 345 Å². The van der Waals surface area contributed by atoms with Crippen LogP contribution >= 0.6 is 0 Å². The Bertz CT molecular complexity index is 6530. The Hall–Kier alpha value is -13.6. The fourth-order valence-corrected chi connectivity index (χ4v) is 14.8. The van der Waals surface area contributed by atoms with Gasteiger partial charge in [0.1, 0.15) is 44.7 Å². The average Bonchev–Trinajstić information content (AvgIpc) is 1.52. The number of para-hydroxylation sites is 6. The maximum atomic E-state index is 7.21. The first-order valence-electron chi connectivity index (χ1n) is 33.6. The molecule has 6 aromatic heterocycles. The third kappa shape index (κ3) is 9.52. The standard InChI is InChI=1S/C92H54N4O4/c1-5-21-55(22-6-1)79-53-81(95-91(93-79)57-25-9-3-10-26-57)62-44-45-64(70-32-18-34-71-66-29-13-15-39-83(66)97-88(70)71)77(50-62)75-37-20-36-74-69-48-42-60(52-86(69)100-90(74)75)59-41-47-68-73-33-17-31-63(87(73)99-85(68)51-59)61-43-46-65(78(49-61)76-38-19-35-72-67-30-14-16-40-84(67)98-89(72)76)82-54-80(56-23-7-2-8-24-56)94-92(96-82)58-27-11-4-12-28-58/h1-54H. The molecule has 0 saturated heterocycles. The van der Waals surface area contributed by atoms with Crippen LogP contribution in [-0.2, 0) is 0 Å². The lowest BCUT2D eigenvalue weighted by Gasteiger charge is -2.15. The zero-order valence-electron chi connectivity index (χ0n) is 53.6. The summed E-state index contributed by atoms with van der Waals surface area (Å²) in [6, 6.07) is 114. The lowest BCUT2D eigenvalue weighted by atomic mass is 9.90. The number of rotatable bonds is 11. The third-order valence-corrected chi connectivity index (χ3v) is 19.6. The second kappa shape index (κ2) is 23.1. The summed E-state index contributed by atoms with van der Waals surface area (Å²) in [5.74, 6) is 1.29. The minimum Gasteiger partial charge on any atom is -0.455 e. The lowest BCUT2D eigenvalue weighted by Crippen LogP contribution is -1.97. The van der Waals surface area contributed by atoms with E-state index in [-0.39, 0.29) is 0 Å². The second-order valence-electron chi connectivity index (χ2n) is 25.5. The van der Waals surface area contributed by atoms with Gasteiger partial charge < -0.3 is 17.7 Å². The van der Waals surface area contributed by atoms with Crippen molar-refractivity contribution in [3.05, 3.63) is 328 Å². The topological polar surface area (TPSA) is 104 Å². The Balaban J connectivity index is 0.712. The van der Waals surface area contributed by atoms with E-state index in [1.165, 1.54) is 0 Å². The Morgan fingerprint density at radius 1 is 0.160 bits per heavy atom. The molecule has 0 aliphatic carbocycles. The first kappa shape index (κ1) is 56.8. The summed E-state index contributed by atoms with van der Waals surface area (Å²) in [5.41, 5.74) is 25.2. The summed E-state index contributed by atoms with van der Waals surface area (Å²) in [6.45, 7) is 0. The lowest BCUT2D eigenvalue weighted by molar-refractivity contribution is 0.669. The van der Waals surface area contributed by atoms with Crippen LogP contribution in [0.4, 0.5) is 0 Å². The molecule has 20 aromatic rings. The maximum Gasteiger partial charge on any atom is 0.160 e. The minimum absolute atomic E-state index is 0.643. The van der Waals surface area contributed by atoms with Crippen molar-refractivity contribution < 1.29 is 17.7 Å². The van der Waals surface area contributed by atoms with Gasteiger partial charge in [-0.15, -0.1) is 0 Å². The van der Waals surface area contributed by atoms with E-state index in [1.54, 1.807) is 0 Å². The molecule has 8 heteroatoms. The van der Waals surface area contributed by atoms with Crippen molar-refractivity contribution in [2.24, 2.45) is 0 Å². The van der Waals surface area contributed by atoms with Crippen LogP contribution in [0.25, 0.3) is 211 Å². The van der Waals surface area contributed by atoms with E-state index in [2.05, 4.69) is 231 Å². The molecule has 8 nitrogen and oxygen atoms in total. The van der Waals surface area contributed by atoms with E-state index in [0.717, 1.165) is 200 Å². The van der Waals surface area contributed by atoms with Crippen molar-refractivity contribution in [2.75, 3.05) is 0 Å². The molecule has 0 atom stereocenters. The highest BCUT2D eigenvalue weighted by atomic mass is 16.3. The van der Waals surface area contributed by atoms with Crippen LogP contribution in [-0.4, -0.2) is 19.9 Å². The molecule has 0 unspecified atom stereocenters. The van der Waals surface area contributed by atoms with Crippen molar-refractivity contribution >= 4 is 87.8 Å². The van der Waals surface area contributed by atoms with Gasteiger partial charge in [0.05, 0.1) is 22.8 Å². The van der Waals surface area contributed by atoms with Crippen molar-refractivity contribution in [2.45, 2.75) is 0 Å². The highest BCUT2D eigenvalue weighted by Crippen LogP contribution is 2.48. The van der Waals surface area contributed by atoms with Crippen LogP contribution in [0.2, 0.25) is 0 Å². The van der Waals surface area contributed by atoms with E-state index in [9.17, 15) is 0 Å². The van der Waals surface area contributed by atoms with Gasteiger partial charge in [-0.2, -0.15) is 0 Å². The third-order valence-electron chi connectivity index (χ3n) is 19.6. The molecule has 0 radical (unpaired) electrons. The number of hydrogen-bond acceptors (Lipinski definition) is 8. The Kier molecular flexibility index (Phi) is 13.1. The number of fused-ring (bicyclic) bond motifs is 12. The molecular weight excluding hydrogens is 1230 g/mol. The van der Waals surface area contributed by atoms with Gasteiger partial charge in [0.2, 0.25) is 0 Å². The molecule has 0 aliphatic heterocycles. The molecule has 0 aliphatic rings. The largest absolute Gasteiger partial charge is 0.455 e. The molecule has 0 fully saturated rings. The molecule has 0 N–H and O–H groups in total. The SMILES string of the molecule is c1ccc(-c2cc(-c3ccc(-c4cccc5c4oc4ccccc45)c(-c4cccc5c4oc4cc(-c6ccc7c(c6)oc6c(-c8ccc(-c9cc(-c%10ccccc%10)nc(-c%10ccccc%10)n9)c(-c9cccc%10c9oc9ccccc9%10)c8)cccc67)ccc45)c3)nc(-c3ccccc3)n2)cc1. The van der Waals surface area contributed by atoms with Crippen LogP contribution in [0, 0.1) is 0 Å². The van der Waals surface area contributed by atoms with Gasteiger partial charge in [-0.05, 0) is 94.0 Å². The van der Waals surface area contributed by atoms with Crippen LogP contribution in [0.5, 0.6) is 0 Å². The fraction of sp³-hybridized carbons (Fsp3) is 0. The Morgan fingerprint density at radius 2 is 0.490 bits per heavy atom. The molecule has 466 valence electrons. The molecule has 14 aromatic carbocycles. The van der Waals surface area contributed by atoms with E-state index in [4.69, 9.17) is 37.6 Å². The van der Waals surface area contributed by atoms with Gasteiger partial charge >= 0.3 is 0 Å². The van der Waals surface area contributed by atoms with Crippen molar-refractivity contribution in [3.63, 3.8) is 0 Å². The number of hydrogen-bond donors (Lipinski definition) is 0. The summed E-state index contributed by atoms with van der Waals surface area (Å²) >= 11 is 0. The van der Waals surface area contributed by atoms with E-state index in [0.29, 0.717) is 11.6 Å². The molecule has 0 bridgehead atoms. The van der Waals surface area contributed by atoms with E-state index in [1.807, 2.05) is 97.1 Å². The van der Waals surface area contributed by atoms with Crippen molar-refractivity contribution in [3.8, 4) is 123 Å². The predicted octanol–water partition coefficient (Wildman–Crippen LogP) is 25.2. The predicted molar refractivity (Wildman–Crippen MR) is 407 cm³/mol. The average molecular weight is 1280 g/mol. The van der Waals surface area contributed by atoms with Gasteiger partial charge in [-0.25, -0.2) is 19.9 Å². The van der Waals surface area contributed by atoms with E-state index < -0.39 is 0 Å².